The average Bonchev–Trinajstić information content (AvgIpc) is 2.39. The summed E-state index contributed by atoms with van der Waals surface area (Å²) in [5.74, 6) is 1.62. The van der Waals surface area contributed by atoms with Crippen LogP contribution in [-0.4, -0.2) is 9.36 Å². The molecule has 0 spiro atoms. The molecule has 0 radical (unpaired) electrons. The van der Waals surface area contributed by atoms with Crippen molar-refractivity contribution in [1.29, 1.82) is 0 Å². The van der Waals surface area contributed by atoms with Crippen LogP contribution in [0.1, 0.15) is 32.0 Å². The third-order valence-electron chi connectivity index (χ3n) is 2.24. The molecule has 2 nitrogen and oxygen atoms in total. The van der Waals surface area contributed by atoms with Gasteiger partial charge in [-0.05, 0) is 39.3 Å². The fourth-order valence-corrected chi connectivity index (χ4v) is 2.13. The molecule has 0 bridgehead atoms. The van der Waals surface area contributed by atoms with Crippen molar-refractivity contribution in [3.05, 3.63) is 9.74 Å². The summed E-state index contributed by atoms with van der Waals surface area (Å²) < 4.78 is 5.16. The lowest BCUT2D eigenvalue weighted by molar-refractivity contribution is 0.611. The molecule has 1 aromatic rings. The van der Waals surface area contributed by atoms with Crippen molar-refractivity contribution in [3.8, 4) is 0 Å². The summed E-state index contributed by atoms with van der Waals surface area (Å²) in [6.07, 6.45) is 1.23. The minimum atomic E-state index is 0.445. The molecule has 0 amide bonds. The fraction of sp³-hybridized carbons (Fsp3) is 0.714. The molecular formula is C7H9BrN2S. The normalized spacial score (nSPS) is 27.0. The van der Waals surface area contributed by atoms with E-state index in [1.54, 1.807) is 0 Å². The van der Waals surface area contributed by atoms with Crippen molar-refractivity contribution in [2.24, 2.45) is 5.41 Å². The Morgan fingerprint density at radius 3 is 2.64 bits per heavy atom. The van der Waals surface area contributed by atoms with Crippen molar-refractivity contribution in [2.45, 2.75) is 26.2 Å². The largest absolute Gasteiger partial charge is 0.212 e. The highest BCUT2D eigenvalue weighted by Gasteiger charge is 2.48. The molecular weight excluding hydrogens is 224 g/mol. The smallest absolute Gasteiger partial charge is 0.179 e. The molecule has 11 heavy (non-hydrogen) atoms. The van der Waals surface area contributed by atoms with Gasteiger partial charge in [0.1, 0.15) is 5.82 Å². The molecule has 60 valence electrons. The highest BCUT2D eigenvalue weighted by molar-refractivity contribution is 9.11. The monoisotopic (exact) mass is 232 g/mol. The van der Waals surface area contributed by atoms with Crippen molar-refractivity contribution >= 4 is 27.5 Å². The van der Waals surface area contributed by atoms with E-state index in [2.05, 4.69) is 39.1 Å². The van der Waals surface area contributed by atoms with E-state index >= 15 is 0 Å². The van der Waals surface area contributed by atoms with Gasteiger partial charge in [0, 0.05) is 5.92 Å². The molecule has 1 saturated carbocycles. The predicted molar refractivity (Wildman–Crippen MR) is 48.7 cm³/mol. The van der Waals surface area contributed by atoms with Crippen LogP contribution >= 0.6 is 27.5 Å². The Morgan fingerprint density at radius 2 is 2.27 bits per heavy atom. The van der Waals surface area contributed by atoms with Gasteiger partial charge < -0.3 is 0 Å². The summed E-state index contributed by atoms with van der Waals surface area (Å²) in [6, 6.07) is 0. The van der Waals surface area contributed by atoms with Gasteiger partial charge in [0.05, 0.1) is 0 Å². The van der Waals surface area contributed by atoms with E-state index in [1.165, 1.54) is 18.0 Å². The van der Waals surface area contributed by atoms with Gasteiger partial charge in [-0.3, -0.25) is 0 Å². The van der Waals surface area contributed by atoms with E-state index in [4.69, 9.17) is 0 Å². The summed E-state index contributed by atoms with van der Waals surface area (Å²) >= 11 is 4.74. The number of hydrogen-bond donors (Lipinski definition) is 0. The van der Waals surface area contributed by atoms with Crippen LogP contribution in [0.3, 0.4) is 0 Å². The predicted octanol–water partition coefficient (Wildman–Crippen LogP) is 2.81. The molecule has 1 fully saturated rings. The number of rotatable bonds is 1. The molecule has 1 aliphatic carbocycles. The Balaban J connectivity index is 2.20. The van der Waals surface area contributed by atoms with Gasteiger partial charge in [-0.15, -0.1) is 0 Å². The summed E-state index contributed by atoms with van der Waals surface area (Å²) in [6.45, 7) is 4.51. The number of hydrogen-bond acceptors (Lipinski definition) is 3. The van der Waals surface area contributed by atoms with Gasteiger partial charge in [-0.25, -0.2) is 4.98 Å². The highest BCUT2D eigenvalue weighted by atomic mass is 79.9. The van der Waals surface area contributed by atoms with E-state index < -0.39 is 0 Å². The molecule has 1 atom stereocenters. The van der Waals surface area contributed by atoms with Crippen LogP contribution in [0.15, 0.2) is 3.92 Å². The van der Waals surface area contributed by atoms with Gasteiger partial charge >= 0.3 is 0 Å². The molecule has 2 rings (SSSR count). The number of nitrogens with zero attached hydrogens (tertiary/aromatic N) is 2. The molecule has 0 N–H and O–H groups in total. The minimum Gasteiger partial charge on any atom is -0.212 e. The molecule has 0 saturated heterocycles. The maximum Gasteiger partial charge on any atom is 0.179 e. The number of aromatic nitrogens is 2. The van der Waals surface area contributed by atoms with Crippen LogP contribution in [0, 0.1) is 5.41 Å². The van der Waals surface area contributed by atoms with Gasteiger partial charge in [-0.2, -0.15) is 4.37 Å². The first-order valence-electron chi connectivity index (χ1n) is 3.59. The van der Waals surface area contributed by atoms with E-state index in [1.807, 2.05) is 0 Å². The van der Waals surface area contributed by atoms with Crippen molar-refractivity contribution < 1.29 is 0 Å². The van der Waals surface area contributed by atoms with Crippen LogP contribution in [0.2, 0.25) is 0 Å². The Kier molecular flexibility index (Phi) is 1.58. The maximum absolute atomic E-state index is 4.29. The molecule has 0 aliphatic heterocycles. The fourth-order valence-electron chi connectivity index (χ4n) is 1.26. The first-order chi connectivity index (χ1) is 5.09. The van der Waals surface area contributed by atoms with Crippen LogP contribution in [0.25, 0.3) is 0 Å². The molecule has 1 aromatic heterocycles. The van der Waals surface area contributed by atoms with E-state index in [0.717, 1.165) is 9.74 Å². The second kappa shape index (κ2) is 2.26. The summed E-state index contributed by atoms with van der Waals surface area (Å²) in [4.78, 5) is 4.29. The van der Waals surface area contributed by atoms with E-state index in [0.29, 0.717) is 11.3 Å². The summed E-state index contributed by atoms with van der Waals surface area (Å²) in [5, 5.41) is 0. The van der Waals surface area contributed by atoms with Crippen LogP contribution in [0.5, 0.6) is 0 Å². The van der Waals surface area contributed by atoms with E-state index in [-0.39, 0.29) is 0 Å². The lowest BCUT2D eigenvalue weighted by Gasteiger charge is -1.96. The van der Waals surface area contributed by atoms with Gasteiger partial charge in [-0.1, -0.05) is 13.8 Å². The zero-order valence-electron chi connectivity index (χ0n) is 6.47. The van der Waals surface area contributed by atoms with Gasteiger partial charge in [0.25, 0.3) is 0 Å². The highest BCUT2D eigenvalue weighted by Crippen LogP contribution is 2.57. The first-order valence-corrected chi connectivity index (χ1v) is 5.15. The van der Waals surface area contributed by atoms with E-state index in [9.17, 15) is 0 Å². The van der Waals surface area contributed by atoms with Crippen LogP contribution in [-0.2, 0) is 0 Å². The van der Waals surface area contributed by atoms with Gasteiger partial charge in [0.2, 0.25) is 0 Å². The van der Waals surface area contributed by atoms with Crippen LogP contribution < -0.4 is 0 Å². The van der Waals surface area contributed by atoms with Crippen molar-refractivity contribution in [1.82, 2.24) is 9.36 Å². The Hall–Kier alpha value is 0.0400. The quantitative estimate of drug-likeness (QED) is 0.745. The third-order valence-corrected chi connectivity index (χ3v) is 3.37. The maximum atomic E-state index is 4.29. The lowest BCUT2D eigenvalue weighted by atomic mass is 10.1. The minimum absolute atomic E-state index is 0.445. The van der Waals surface area contributed by atoms with Gasteiger partial charge in [0.15, 0.2) is 3.92 Å². The lowest BCUT2D eigenvalue weighted by Crippen LogP contribution is -1.91. The Labute approximate surface area is 78.3 Å². The zero-order valence-corrected chi connectivity index (χ0v) is 8.87. The molecule has 1 heterocycles. The number of halogens is 1. The third kappa shape index (κ3) is 1.34. The second-order valence-corrected chi connectivity index (χ2v) is 5.68. The average molecular weight is 233 g/mol. The standard InChI is InChI=1S/C7H9BrN2S/c1-7(2)3-4(7)5-9-6(8)11-10-5/h4H,3H2,1-2H3. The SMILES string of the molecule is CC1(C)CC1c1nsc(Br)n1. The molecule has 4 heteroatoms. The molecule has 1 unspecified atom stereocenters. The Bertz CT molecular complexity index is 282. The zero-order chi connectivity index (χ0) is 8.06. The Morgan fingerprint density at radius 1 is 1.64 bits per heavy atom. The summed E-state index contributed by atoms with van der Waals surface area (Å²) in [5.41, 5.74) is 0.445. The topological polar surface area (TPSA) is 25.8 Å². The first kappa shape index (κ1) is 7.68. The second-order valence-electron chi connectivity index (χ2n) is 3.65. The molecule has 0 aromatic carbocycles. The molecule has 1 aliphatic rings. The van der Waals surface area contributed by atoms with Crippen molar-refractivity contribution in [3.63, 3.8) is 0 Å². The van der Waals surface area contributed by atoms with Crippen molar-refractivity contribution in [2.75, 3.05) is 0 Å². The van der Waals surface area contributed by atoms with Crippen LogP contribution in [0.4, 0.5) is 0 Å². The summed E-state index contributed by atoms with van der Waals surface area (Å²) in [7, 11) is 0.